The second-order valence-corrected chi connectivity index (χ2v) is 2.86. The zero-order chi connectivity index (χ0) is 9.14. The molecule has 3 heteroatoms. The normalized spacial score (nSPS) is 10.2. The standard InChI is InChI=1S/C9H13N3/c1-7(2)12-9(5-6-11-12)8(3)10-4/h5-7H,3-4H2,1-2H3. The summed E-state index contributed by atoms with van der Waals surface area (Å²) in [7, 11) is 0. The molecule has 1 aromatic rings. The van der Waals surface area contributed by atoms with Crippen molar-refractivity contribution in [2.24, 2.45) is 4.99 Å². The van der Waals surface area contributed by atoms with Crippen LogP contribution in [0.5, 0.6) is 0 Å². The maximum atomic E-state index is 4.15. The van der Waals surface area contributed by atoms with Crippen LogP contribution in [0.3, 0.4) is 0 Å². The van der Waals surface area contributed by atoms with E-state index in [4.69, 9.17) is 0 Å². The summed E-state index contributed by atoms with van der Waals surface area (Å²) in [6.07, 6.45) is 1.74. The van der Waals surface area contributed by atoms with Crippen LogP contribution in [0.4, 0.5) is 0 Å². The van der Waals surface area contributed by atoms with Gasteiger partial charge < -0.3 is 0 Å². The molecule has 1 aromatic heterocycles. The fraction of sp³-hybridized carbons (Fsp3) is 0.333. The van der Waals surface area contributed by atoms with Crippen LogP contribution in [-0.2, 0) is 0 Å². The minimum absolute atomic E-state index is 0.327. The van der Waals surface area contributed by atoms with Crippen molar-refractivity contribution in [3.8, 4) is 0 Å². The van der Waals surface area contributed by atoms with Crippen molar-refractivity contribution in [2.45, 2.75) is 19.9 Å². The summed E-state index contributed by atoms with van der Waals surface area (Å²) < 4.78 is 1.87. The Hall–Kier alpha value is -1.38. The lowest BCUT2D eigenvalue weighted by molar-refractivity contribution is 0.527. The highest BCUT2D eigenvalue weighted by atomic mass is 15.3. The molecular weight excluding hydrogens is 150 g/mol. The smallest absolute Gasteiger partial charge is 0.0863 e. The molecule has 0 aliphatic rings. The quantitative estimate of drug-likeness (QED) is 0.628. The molecule has 1 rings (SSSR count). The minimum atomic E-state index is 0.327. The third-order valence-corrected chi connectivity index (χ3v) is 1.65. The lowest BCUT2D eigenvalue weighted by Crippen LogP contribution is -2.05. The van der Waals surface area contributed by atoms with Crippen molar-refractivity contribution in [1.29, 1.82) is 0 Å². The number of aromatic nitrogens is 2. The first-order valence-electron chi connectivity index (χ1n) is 3.86. The van der Waals surface area contributed by atoms with Crippen molar-refractivity contribution in [2.75, 3.05) is 0 Å². The van der Waals surface area contributed by atoms with E-state index in [0.29, 0.717) is 11.7 Å². The van der Waals surface area contributed by atoms with Crippen LogP contribution in [0.25, 0.3) is 5.70 Å². The summed E-state index contributed by atoms with van der Waals surface area (Å²) in [6, 6.07) is 2.21. The molecule has 0 bridgehead atoms. The molecule has 0 radical (unpaired) electrons. The maximum Gasteiger partial charge on any atom is 0.0863 e. The van der Waals surface area contributed by atoms with E-state index >= 15 is 0 Å². The summed E-state index contributed by atoms with van der Waals surface area (Å²) >= 11 is 0. The Morgan fingerprint density at radius 3 is 2.83 bits per heavy atom. The van der Waals surface area contributed by atoms with Crippen molar-refractivity contribution < 1.29 is 0 Å². The van der Waals surface area contributed by atoms with E-state index in [2.05, 4.69) is 37.2 Å². The number of rotatable bonds is 3. The summed E-state index contributed by atoms with van der Waals surface area (Å²) in [6.45, 7) is 11.3. The van der Waals surface area contributed by atoms with Gasteiger partial charge in [-0.3, -0.25) is 9.67 Å². The average Bonchev–Trinajstić information content (AvgIpc) is 2.50. The van der Waals surface area contributed by atoms with E-state index in [1.165, 1.54) is 0 Å². The first-order valence-corrected chi connectivity index (χ1v) is 3.86. The molecule has 12 heavy (non-hydrogen) atoms. The number of aliphatic imine (C=N–C) groups is 1. The third kappa shape index (κ3) is 1.44. The SMILES string of the molecule is C=NC(=C)c1ccnn1C(C)C. The Kier molecular flexibility index (Phi) is 2.43. The van der Waals surface area contributed by atoms with E-state index in [9.17, 15) is 0 Å². The van der Waals surface area contributed by atoms with Crippen LogP contribution in [0.2, 0.25) is 0 Å². The molecule has 3 nitrogen and oxygen atoms in total. The Bertz CT molecular complexity index is 296. The maximum absolute atomic E-state index is 4.15. The van der Waals surface area contributed by atoms with Gasteiger partial charge in [-0.25, -0.2) is 0 Å². The van der Waals surface area contributed by atoms with E-state index in [0.717, 1.165) is 5.69 Å². The van der Waals surface area contributed by atoms with Gasteiger partial charge in [0.15, 0.2) is 0 Å². The van der Waals surface area contributed by atoms with Crippen molar-refractivity contribution in [1.82, 2.24) is 9.78 Å². The van der Waals surface area contributed by atoms with Crippen LogP contribution in [0.15, 0.2) is 23.8 Å². The third-order valence-electron chi connectivity index (χ3n) is 1.65. The second kappa shape index (κ2) is 3.34. The Morgan fingerprint density at radius 2 is 2.33 bits per heavy atom. The molecule has 0 aliphatic heterocycles. The molecule has 1 heterocycles. The molecule has 0 fully saturated rings. The van der Waals surface area contributed by atoms with E-state index in [-0.39, 0.29) is 0 Å². The number of hydrogen-bond acceptors (Lipinski definition) is 2. The van der Waals surface area contributed by atoms with Gasteiger partial charge in [-0.15, -0.1) is 0 Å². The van der Waals surface area contributed by atoms with Gasteiger partial charge in [0.25, 0.3) is 0 Å². The molecule has 0 unspecified atom stereocenters. The molecule has 64 valence electrons. The number of nitrogens with zero attached hydrogens (tertiary/aromatic N) is 3. The van der Waals surface area contributed by atoms with Crippen LogP contribution >= 0.6 is 0 Å². The lowest BCUT2D eigenvalue weighted by Gasteiger charge is -2.09. The fourth-order valence-corrected chi connectivity index (χ4v) is 1.04. The topological polar surface area (TPSA) is 30.2 Å². The van der Waals surface area contributed by atoms with E-state index in [1.54, 1.807) is 6.20 Å². The highest BCUT2D eigenvalue weighted by Crippen LogP contribution is 2.16. The highest BCUT2D eigenvalue weighted by Gasteiger charge is 2.06. The molecule has 0 spiro atoms. The molecule has 0 atom stereocenters. The van der Waals surface area contributed by atoms with Gasteiger partial charge in [-0.05, 0) is 26.6 Å². The summed E-state index contributed by atoms with van der Waals surface area (Å²) in [5, 5.41) is 4.15. The van der Waals surface area contributed by atoms with E-state index < -0.39 is 0 Å². The lowest BCUT2D eigenvalue weighted by atomic mass is 10.3. The van der Waals surface area contributed by atoms with Gasteiger partial charge in [-0.1, -0.05) is 6.58 Å². The molecular formula is C9H13N3. The molecule has 0 aromatic carbocycles. The predicted molar refractivity (Wildman–Crippen MR) is 51.2 cm³/mol. The van der Waals surface area contributed by atoms with Crippen LogP contribution < -0.4 is 0 Å². The van der Waals surface area contributed by atoms with Gasteiger partial charge in [0.2, 0.25) is 0 Å². The van der Waals surface area contributed by atoms with Gasteiger partial charge >= 0.3 is 0 Å². The van der Waals surface area contributed by atoms with Crippen molar-refractivity contribution in [3.63, 3.8) is 0 Å². The summed E-state index contributed by atoms with van der Waals surface area (Å²) in [5.74, 6) is 0. The zero-order valence-corrected chi connectivity index (χ0v) is 7.49. The molecule has 0 saturated carbocycles. The van der Waals surface area contributed by atoms with Crippen LogP contribution in [-0.4, -0.2) is 16.5 Å². The monoisotopic (exact) mass is 163 g/mol. The highest BCUT2D eigenvalue weighted by molar-refractivity contribution is 5.63. The summed E-state index contributed by atoms with van der Waals surface area (Å²) in [4.78, 5) is 3.77. The first-order chi connectivity index (χ1) is 5.66. The Balaban J connectivity index is 3.07. The zero-order valence-electron chi connectivity index (χ0n) is 7.49. The van der Waals surface area contributed by atoms with Crippen molar-refractivity contribution >= 4 is 12.4 Å². The first kappa shape index (κ1) is 8.71. The second-order valence-electron chi connectivity index (χ2n) is 2.86. The van der Waals surface area contributed by atoms with Gasteiger partial charge in [-0.2, -0.15) is 5.10 Å². The van der Waals surface area contributed by atoms with Gasteiger partial charge in [0, 0.05) is 12.2 Å². The predicted octanol–water partition coefficient (Wildman–Crippen LogP) is 2.14. The molecule has 0 saturated heterocycles. The fourth-order valence-electron chi connectivity index (χ4n) is 1.04. The van der Waals surface area contributed by atoms with Crippen LogP contribution in [0, 0.1) is 0 Å². The Morgan fingerprint density at radius 1 is 1.67 bits per heavy atom. The number of hydrogen-bond donors (Lipinski definition) is 0. The Labute approximate surface area is 72.4 Å². The molecule has 0 amide bonds. The minimum Gasteiger partial charge on any atom is -0.263 e. The molecule has 0 aliphatic carbocycles. The molecule has 0 N–H and O–H groups in total. The summed E-state index contributed by atoms with van der Waals surface area (Å²) in [5.41, 5.74) is 1.60. The van der Waals surface area contributed by atoms with Crippen LogP contribution in [0.1, 0.15) is 25.6 Å². The van der Waals surface area contributed by atoms with Crippen molar-refractivity contribution in [3.05, 3.63) is 24.5 Å². The van der Waals surface area contributed by atoms with E-state index in [1.807, 2.05) is 10.7 Å². The van der Waals surface area contributed by atoms with Gasteiger partial charge in [0.05, 0.1) is 11.4 Å². The average molecular weight is 163 g/mol. The largest absolute Gasteiger partial charge is 0.263 e. The van der Waals surface area contributed by atoms with Gasteiger partial charge in [0.1, 0.15) is 0 Å².